The fourth-order valence-electron chi connectivity index (χ4n) is 3.51. The summed E-state index contributed by atoms with van der Waals surface area (Å²) in [7, 11) is 0. The number of ether oxygens (including phenoxy) is 1. The molecule has 0 unspecified atom stereocenters. The highest BCUT2D eigenvalue weighted by molar-refractivity contribution is 5.91. The second-order valence-electron chi connectivity index (χ2n) is 7.20. The fourth-order valence-corrected chi connectivity index (χ4v) is 3.51. The van der Waals surface area contributed by atoms with E-state index in [4.69, 9.17) is 9.26 Å². The molecule has 1 saturated heterocycles. The van der Waals surface area contributed by atoms with Gasteiger partial charge < -0.3 is 14.6 Å². The number of rotatable bonds is 7. The van der Waals surface area contributed by atoms with Crippen LogP contribution in [0.5, 0.6) is 0 Å². The third kappa shape index (κ3) is 3.89. The predicted octanol–water partition coefficient (Wildman–Crippen LogP) is 2.35. The average molecular weight is 373 g/mol. The van der Waals surface area contributed by atoms with E-state index in [1.54, 1.807) is 24.3 Å². The summed E-state index contributed by atoms with van der Waals surface area (Å²) in [6.07, 6.45) is 2.39. The Morgan fingerprint density at radius 1 is 1.26 bits per heavy atom. The molecule has 2 fully saturated rings. The van der Waals surface area contributed by atoms with Crippen LogP contribution in [0.4, 0.5) is 4.39 Å². The van der Waals surface area contributed by atoms with E-state index in [-0.39, 0.29) is 11.7 Å². The standard InChI is InChI=1S/C20H24FN3O3/c21-16-5-2-1-4-15(16)17-14-18(23-27-17)20(6-7-20)19(25)22-8-3-9-24-10-12-26-13-11-24/h1-2,4-5,14H,3,6-13H2,(H,22,25). The molecule has 0 spiro atoms. The topological polar surface area (TPSA) is 67.6 Å². The predicted molar refractivity (Wildman–Crippen MR) is 97.7 cm³/mol. The summed E-state index contributed by atoms with van der Waals surface area (Å²) in [5.74, 6) is -0.0232. The van der Waals surface area contributed by atoms with E-state index < -0.39 is 5.41 Å². The first kappa shape index (κ1) is 18.1. The lowest BCUT2D eigenvalue weighted by Crippen LogP contribution is -2.39. The first-order valence-electron chi connectivity index (χ1n) is 9.49. The van der Waals surface area contributed by atoms with Crippen molar-refractivity contribution < 1.29 is 18.4 Å². The SMILES string of the molecule is O=C(NCCCN1CCOCC1)C1(c2cc(-c3ccccc3F)on2)CC1. The van der Waals surface area contributed by atoms with E-state index in [0.717, 1.165) is 52.1 Å². The molecule has 1 aromatic carbocycles. The summed E-state index contributed by atoms with van der Waals surface area (Å²) in [4.78, 5) is 15.0. The number of benzene rings is 1. The van der Waals surface area contributed by atoms with Crippen LogP contribution in [0.1, 0.15) is 25.0 Å². The van der Waals surface area contributed by atoms with Crippen molar-refractivity contribution in [3.63, 3.8) is 0 Å². The molecule has 2 aromatic rings. The van der Waals surface area contributed by atoms with Gasteiger partial charge in [0.2, 0.25) is 5.91 Å². The van der Waals surface area contributed by atoms with E-state index in [1.165, 1.54) is 6.07 Å². The molecule has 1 aliphatic carbocycles. The third-order valence-electron chi connectivity index (χ3n) is 5.36. The fraction of sp³-hybridized carbons (Fsp3) is 0.500. The molecule has 1 aliphatic heterocycles. The first-order chi connectivity index (χ1) is 13.2. The second kappa shape index (κ2) is 7.78. The van der Waals surface area contributed by atoms with Gasteiger partial charge in [-0.1, -0.05) is 17.3 Å². The zero-order chi connectivity index (χ0) is 18.7. The summed E-state index contributed by atoms with van der Waals surface area (Å²) in [6.45, 7) is 5.07. The maximum Gasteiger partial charge on any atom is 0.232 e. The highest BCUT2D eigenvalue weighted by Gasteiger charge is 2.53. The van der Waals surface area contributed by atoms with Crippen molar-refractivity contribution in [1.82, 2.24) is 15.4 Å². The summed E-state index contributed by atoms with van der Waals surface area (Å²) in [6, 6.07) is 8.09. The number of amides is 1. The Hall–Kier alpha value is -2.25. The van der Waals surface area contributed by atoms with Gasteiger partial charge in [-0.3, -0.25) is 9.69 Å². The smallest absolute Gasteiger partial charge is 0.232 e. The van der Waals surface area contributed by atoms with Gasteiger partial charge >= 0.3 is 0 Å². The maximum absolute atomic E-state index is 13.9. The van der Waals surface area contributed by atoms with Crippen LogP contribution >= 0.6 is 0 Å². The molecule has 1 amide bonds. The molecule has 7 heteroatoms. The average Bonchev–Trinajstić information content (AvgIpc) is 3.37. The number of nitrogens with zero attached hydrogens (tertiary/aromatic N) is 2. The zero-order valence-electron chi connectivity index (χ0n) is 15.2. The molecule has 0 radical (unpaired) electrons. The largest absolute Gasteiger partial charge is 0.379 e. The van der Waals surface area contributed by atoms with Gasteiger partial charge in [0.05, 0.1) is 29.9 Å². The van der Waals surface area contributed by atoms with Gasteiger partial charge in [0, 0.05) is 25.7 Å². The quantitative estimate of drug-likeness (QED) is 0.755. The third-order valence-corrected chi connectivity index (χ3v) is 5.36. The van der Waals surface area contributed by atoms with E-state index in [2.05, 4.69) is 15.4 Å². The zero-order valence-corrected chi connectivity index (χ0v) is 15.2. The van der Waals surface area contributed by atoms with Gasteiger partial charge in [-0.15, -0.1) is 0 Å². The van der Waals surface area contributed by atoms with Gasteiger partial charge in [0.1, 0.15) is 5.82 Å². The number of hydrogen-bond acceptors (Lipinski definition) is 5. The molecule has 0 atom stereocenters. The van der Waals surface area contributed by atoms with Gasteiger partial charge in [0.15, 0.2) is 5.76 Å². The number of nitrogens with one attached hydrogen (secondary N) is 1. The van der Waals surface area contributed by atoms with Crippen molar-refractivity contribution in [3.05, 3.63) is 41.8 Å². The number of morpholine rings is 1. The van der Waals surface area contributed by atoms with Gasteiger partial charge in [0.25, 0.3) is 0 Å². The van der Waals surface area contributed by atoms with Gasteiger partial charge in [-0.25, -0.2) is 4.39 Å². The molecule has 27 heavy (non-hydrogen) atoms. The molecule has 1 aromatic heterocycles. The number of carbonyl (C=O) groups excluding carboxylic acids is 1. The molecule has 6 nitrogen and oxygen atoms in total. The summed E-state index contributed by atoms with van der Waals surface area (Å²) in [5, 5.41) is 7.10. The van der Waals surface area contributed by atoms with Crippen LogP contribution in [0.25, 0.3) is 11.3 Å². The summed E-state index contributed by atoms with van der Waals surface area (Å²) in [5.41, 5.74) is 0.329. The summed E-state index contributed by atoms with van der Waals surface area (Å²) < 4.78 is 24.6. The Kier molecular flexibility index (Phi) is 5.22. The van der Waals surface area contributed by atoms with Crippen molar-refractivity contribution in [2.24, 2.45) is 0 Å². The van der Waals surface area contributed by atoms with Gasteiger partial charge in [-0.05, 0) is 37.9 Å². The van der Waals surface area contributed by atoms with E-state index in [9.17, 15) is 9.18 Å². The number of aromatic nitrogens is 1. The molecule has 4 rings (SSSR count). The Balaban J connectivity index is 1.33. The molecular weight excluding hydrogens is 349 g/mol. The highest BCUT2D eigenvalue weighted by atomic mass is 19.1. The lowest BCUT2D eigenvalue weighted by Gasteiger charge is -2.26. The summed E-state index contributed by atoms with van der Waals surface area (Å²) >= 11 is 0. The number of hydrogen-bond donors (Lipinski definition) is 1. The van der Waals surface area contributed by atoms with Crippen molar-refractivity contribution in [1.29, 1.82) is 0 Å². The van der Waals surface area contributed by atoms with Crippen molar-refractivity contribution in [2.45, 2.75) is 24.7 Å². The minimum Gasteiger partial charge on any atom is -0.379 e. The van der Waals surface area contributed by atoms with Crippen LogP contribution in [0.15, 0.2) is 34.9 Å². The van der Waals surface area contributed by atoms with Crippen molar-refractivity contribution in [3.8, 4) is 11.3 Å². The lowest BCUT2D eigenvalue weighted by molar-refractivity contribution is -0.123. The molecule has 144 valence electrons. The molecule has 2 aliphatic rings. The normalized spacial score (nSPS) is 19.0. The van der Waals surface area contributed by atoms with Crippen LogP contribution in [0, 0.1) is 5.82 Å². The second-order valence-corrected chi connectivity index (χ2v) is 7.20. The van der Waals surface area contributed by atoms with Crippen LogP contribution in [-0.4, -0.2) is 55.4 Å². The van der Waals surface area contributed by atoms with Crippen LogP contribution in [0.2, 0.25) is 0 Å². The van der Waals surface area contributed by atoms with Gasteiger partial charge in [-0.2, -0.15) is 0 Å². The van der Waals surface area contributed by atoms with E-state index >= 15 is 0 Å². The van der Waals surface area contributed by atoms with Crippen molar-refractivity contribution >= 4 is 5.91 Å². The van der Waals surface area contributed by atoms with Crippen molar-refractivity contribution in [2.75, 3.05) is 39.4 Å². The Morgan fingerprint density at radius 3 is 2.78 bits per heavy atom. The molecule has 1 saturated carbocycles. The minimum absolute atomic E-state index is 0.0159. The maximum atomic E-state index is 13.9. The Labute approximate surface area is 157 Å². The molecule has 1 N–H and O–H groups in total. The highest BCUT2D eigenvalue weighted by Crippen LogP contribution is 2.48. The van der Waals surface area contributed by atoms with Crippen LogP contribution in [0.3, 0.4) is 0 Å². The number of halogens is 1. The van der Waals surface area contributed by atoms with Crippen LogP contribution < -0.4 is 5.32 Å². The minimum atomic E-state index is -0.619. The Morgan fingerprint density at radius 2 is 2.04 bits per heavy atom. The number of carbonyl (C=O) groups is 1. The molecule has 2 heterocycles. The molecule has 0 bridgehead atoms. The molecular formula is C20H24FN3O3. The lowest BCUT2D eigenvalue weighted by atomic mass is 10.00. The van der Waals surface area contributed by atoms with E-state index in [0.29, 0.717) is 23.6 Å². The van der Waals surface area contributed by atoms with E-state index in [1.807, 2.05) is 0 Å². The first-order valence-corrected chi connectivity index (χ1v) is 9.49. The monoisotopic (exact) mass is 373 g/mol. The Bertz CT molecular complexity index is 797. The van der Waals surface area contributed by atoms with Crippen LogP contribution in [-0.2, 0) is 14.9 Å².